The molecule has 0 aliphatic carbocycles. The first kappa shape index (κ1) is 17.4. The third kappa shape index (κ3) is 3.49. The number of aromatic nitrogens is 6. The van der Waals surface area contributed by atoms with Gasteiger partial charge in [-0.25, -0.2) is 4.98 Å². The average Bonchev–Trinajstić information content (AvgIpc) is 2.90. The van der Waals surface area contributed by atoms with Crippen LogP contribution in [0.3, 0.4) is 0 Å². The van der Waals surface area contributed by atoms with E-state index >= 15 is 0 Å². The summed E-state index contributed by atoms with van der Waals surface area (Å²) in [6.45, 7) is 4.63. The third-order valence-electron chi connectivity index (χ3n) is 4.39. The van der Waals surface area contributed by atoms with Crippen molar-refractivity contribution in [3.8, 4) is 0 Å². The summed E-state index contributed by atoms with van der Waals surface area (Å²) >= 11 is 0. The zero-order valence-electron chi connectivity index (χ0n) is 14.6. The van der Waals surface area contributed by atoms with Crippen LogP contribution in [0.5, 0.6) is 0 Å². The number of halogens is 3. The minimum absolute atomic E-state index is 0.0672. The van der Waals surface area contributed by atoms with E-state index in [0.29, 0.717) is 25.5 Å². The molecule has 27 heavy (non-hydrogen) atoms. The fraction of sp³-hybridized carbons (Fsp3) is 0.438. The molecule has 0 atom stereocenters. The quantitative estimate of drug-likeness (QED) is 0.675. The summed E-state index contributed by atoms with van der Waals surface area (Å²) in [7, 11) is 0. The molecule has 0 saturated carbocycles. The number of anilines is 2. The molecule has 1 aliphatic heterocycles. The minimum atomic E-state index is -4.61. The molecule has 142 valence electrons. The van der Waals surface area contributed by atoms with Gasteiger partial charge in [0.05, 0.1) is 11.9 Å². The first-order valence-electron chi connectivity index (χ1n) is 8.50. The topological polar surface area (TPSA) is 75.3 Å². The number of hydrogen-bond donors (Lipinski definition) is 0. The van der Waals surface area contributed by atoms with Crippen LogP contribution in [0.1, 0.15) is 17.9 Å². The predicted molar refractivity (Wildman–Crippen MR) is 91.6 cm³/mol. The van der Waals surface area contributed by atoms with Crippen LogP contribution in [-0.4, -0.2) is 56.0 Å². The first-order valence-corrected chi connectivity index (χ1v) is 8.50. The lowest BCUT2D eigenvalue weighted by Crippen LogP contribution is -2.32. The molecular weight excluding hydrogens is 361 g/mol. The van der Waals surface area contributed by atoms with E-state index in [0.717, 1.165) is 29.0 Å². The second-order valence-electron chi connectivity index (χ2n) is 6.33. The number of alkyl halides is 3. The lowest BCUT2D eigenvalue weighted by molar-refractivity contribution is -0.146. The second kappa shape index (κ2) is 6.63. The molecule has 1 aliphatic rings. The Morgan fingerprint density at radius 3 is 2.37 bits per heavy atom. The number of rotatable bonds is 2. The summed E-state index contributed by atoms with van der Waals surface area (Å²) in [6, 6.07) is 3.17. The molecule has 4 heterocycles. The van der Waals surface area contributed by atoms with Gasteiger partial charge in [0, 0.05) is 32.4 Å². The van der Waals surface area contributed by atoms with Gasteiger partial charge >= 0.3 is 6.18 Å². The Bertz CT molecular complexity index is 954. The van der Waals surface area contributed by atoms with Crippen molar-refractivity contribution < 1.29 is 13.2 Å². The molecule has 0 radical (unpaired) electrons. The fourth-order valence-electron chi connectivity index (χ4n) is 3.10. The van der Waals surface area contributed by atoms with Crippen LogP contribution >= 0.6 is 0 Å². The zero-order valence-corrected chi connectivity index (χ0v) is 14.6. The van der Waals surface area contributed by atoms with Gasteiger partial charge in [0.2, 0.25) is 0 Å². The van der Waals surface area contributed by atoms with Crippen LogP contribution in [0.25, 0.3) is 5.65 Å². The number of hydrogen-bond acceptors (Lipinski definition) is 7. The lowest BCUT2D eigenvalue weighted by Gasteiger charge is -2.23. The Morgan fingerprint density at radius 1 is 0.926 bits per heavy atom. The summed E-state index contributed by atoms with van der Waals surface area (Å²) in [4.78, 5) is 12.8. The van der Waals surface area contributed by atoms with Gasteiger partial charge in [-0.3, -0.25) is 4.98 Å². The predicted octanol–water partition coefficient (Wildman–Crippen LogP) is 1.96. The summed E-state index contributed by atoms with van der Waals surface area (Å²) in [5.74, 6) is 0.147. The van der Waals surface area contributed by atoms with Crippen molar-refractivity contribution in [2.45, 2.75) is 19.5 Å². The van der Waals surface area contributed by atoms with Gasteiger partial charge in [-0.1, -0.05) is 0 Å². The first-order chi connectivity index (χ1) is 12.9. The highest BCUT2D eigenvalue weighted by Gasteiger charge is 2.37. The van der Waals surface area contributed by atoms with Crippen molar-refractivity contribution in [1.82, 2.24) is 29.8 Å². The van der Waals surface area contributed by atoms with Gasteiger partial charge in [0.25, 0.3) is 5.82 Å². The summed E-state index contributed by atoms with van der Waals surface area (Å²) in [6.07, 6.45) is -0.363. The van der Waals surface area contributed by atoms with E-state index < -0.39 is 12.0 Å². The monoisotopic (exact) mass is 378 g/mol. The molecule has 3 aromatic rings. The van der Waals surface area contributed by atoms with Crippen molar-refractivity contribution in [3.05, 3.63) is 36.0 Å². The smallest absolute Gasteiger partial charge is 0.353 e. The van der Waals surface area contributed by atoms with Crippen molar-refractivity contribution in [2.24, 2.45) is 0 Å². The Kier molecular flexibility index (Phi) is 4.28. The molecule has 0 spiro atoms. The second-order valence-corrected chi connectivity index (χ2v) is 6.33. The standard InChI is InChI=1S/C16H17F3N8/c1-11-9-20-10-14(21-11)26-6-2-5-25(7-8-26)13-4-3-12-22-23-15(16(17,18)19)27(12)24-13/h3-4,9-10H,2,5-8H2,1H3. The fourth-order valence-corrected chi connectivity index (χ4v) is 3.10. The summed E-state index contributed by atoms with van der Waals surface area (Å²) < 4.78 is 39.9. The molecule has 0 bridgehead atoms. The highest BCUT2D eigenvalue weighted by atomic mass is 19.4. The molecule has 3 aromatic heterocycles. The van der Waals surface area contributed by atoms with Crippen LogP contribution in [0, 0.1) is 6.92 Å². The number of aryl methyl sites for hydroxylation is 1. The van der Waals surface area contributed by atoms with Crippen LogP contribution in [-0.2, 0) is 6.18 Å². The van der Waals surface area contributed by atoms with Gasteiger partial charge in [-0.2, -0.15) is 17.7 Å². The molecule has 11 heteroatoms. The lowest BCUT2D eigenvalue weighted by atomic mass is 10.3. The SMILES string of the molecule is Cc1cncc(N2CCCN(c3ccc4nnc(C(F)(F)F)n4n3)CC2)n1. The van der Waals surface area contributed by atoms with E-state index in [-0.39, 0.29) is 5.65 Å². The van der Waals surface area contributed by atoms with Gasteiger partial charge in [0.1, 0.15) is 11.6 Å². The highest BCUT2D eigenvalue weighted by Crippen LogP contribution is 2.28. The molecule has 0 unspecified atom stereocenters. The maximum absolute atomic E-state index is 13.1. The van der Waals surface area contributed by atoms with E-state index in [1.807, 2.05) is 11.8 Å². The van der Waals surface area contributed by atoms with Crippen molar-refractivity contribution >= 4 is 17.3 Å². The number of nitrogens with zero attached hydrogens (tertiary/aromatic N) is 8. The van der Waals surface area contributed by atoms with Crippen molar-refractivity contribution in [3.63, 3.8) is 0 Å². The Balaban J connectivity index is 1.57. The van der Waals surface area contributed by atoms with E-state index in [2.05, 4.69) is 30.2 Å². The summed E-state index contributed by atoms with van der Waals surface area (Å²) in [5, 5.41) is 10.9. The molecule has 4 rings (SSSR count). The zero-order chi connectivity index (χ0) is 19.0. The van der Waals surface area contributed by atoms with Crippen molar-refractivity contribution in [1.29, 1.82) is 0 Å². The van der Waals surface area contributed by atoms with Gasteiger partial charge < -0.3 is 9.80 Å². The van der Waals surface area contributed by atoms with Gasteiger partial charge in [-0.15, -0.1) is 15.3 Å². The molecule has 0 amide bonds. The molecule has 0 N–H and O–H groups in total. The average molecular weight is 378 g/mol. The van der Waals surface area contributed by atoms with E-state index in [4.69, 9.17) is 0 Å². The van der Waals surface area contributed by atoms with E-state index in [1.54, 1.807) is 18.5 Å². The Hall–Kier alpha value is -2.98. The third-order valence-corrected chi connectivity index (χ3v) is 4.39. The molecule has 1 saturated heterocycles. The van der Waals surface area contributed by atoms with Crippen LogP contribution in [0.15, 0.2) is 24.5 Å². The van der Waals surface area contributed by atoms with Crippen LogP contribution < -0.4 is 9.80 Å². The number of fused-ring (bicyclic) bond motifs is 1. The maximum atomic E-state index is 13.1. The van der Waals surface area contributed by atoms with Gasteiger partial charge in [-0.05, 0) is 25.5 Å². The van der Waals surface area contributed by atoms with Crippen LogP contribution in [0.4, 0.5) is 24.8 Å². The van der Waals surface area contributed by atoms with E-state index in [9.17, 15) is 13.2 Å². The minimum Gasteiger partial charge on any atom is -0.353 e. The normalized spacial score (nSPS) is 16.0. The Morgan fingerprint density at radius 2 is 1.67 bits per heavy atom. The highest BCUT2D eigenvalue weighted by molar-refractivity contribution is 5.47. The molecule has 1 fully saturated rings. The van der Waals surface area contributed by atoms with Crippen LogP contribution in [0.2, 0.25) is 0 Å². The molecule has 8 nitrogen and oxygen atoms in total. The largest absolute Gasteiger partial charge is 0.453 e. The molecular formula is C16H17F3N8. The summed E-state index contributed by atoms with van der Waals surface area (Å²) in [5.41, 5.74) is 0.908. The maximum Gasteiger partial charge on any atom is 0.453 e. The Labute approximate surface area is 152 Å². The van der Waals surface area contributed by atoms with E-state index in [1.165, 1.54) is 6.07 Å². The molecule has 0 aromatic carbocycles. The van der Waals surface area contributed by atoms with Gasteiger partial charge in [0.15, 0.2) is 5.65 Å². The van der Waals surface area contributed by atoms with Crippen molar-refractivity contribution in [2.75, 3.05) is 36.0 Å².